The monoisotopic (exact) mass is 167 g/mol. The Balaban J connectivity index is 2.03. The molecule has 0 amide bonds. The van der Waals surface area contributed by atoms with Crippen molar-refractivity contribution in [3.8, 4) is 0 Å². The quantitative estimate of drug-likeness (QED) is 0.698. The molecular formula is C8H13N3O. The fraction of sp³-hybridized carbons (Fsp3) is 0.750. The first-order chi connectivity index (χ1) is 5.68. The highest BCUT2D eigenvalue weighted by Crippen LogP contribution is 2.32. The van der Waals surface area contributed by atoms with Crippen molar-refractivity contribution in [3.05, 3.63) is 11.9 Å². The van der Waals surface area contributed by atoms with Crippen LogP contribution in [0.5, 0.6) is 0 Å². The average molecular weight is 167 g/mol. The van der Waals surface area contributed by atoms with Crippen LogP contribution in [0.2, 0.25) is 0 Å². The van der Waals surface area contributed by atoms with Crippen molar-refractivity contribution in [1.29, 1.82) is 0 Å². The van der Waals surface area contributed by atoms with Crippen LogP contribution in [0.1, 0.15) is 25.0 Å². The summed E-state index contributed by atoms with van der Waals surface area (Å²) >= 11 is 0. The van der Waals surface area contributed by atoms with Gasteiger partial charge in [0.25, 0.3) is 0 Å². The summed E-state index contributed by atoms with van der Waals surface area (Å²) in [7, 11) is 0. The first kappa shape index (κ1) is 7.73. The van der Waals surface area contributed by atoms with E-state index in [-0.39, 0.29) is 0 Å². The standard InChI is InChI=1S/C8H13N3O/c1-7-5-11(10-9-7)6-8(12)3-2-4-8/h5,12H,2-4,6H2,1H3. The van der Waals surface area contributed by atoms with Crippen LogP contribution in [0.3, 0.4) is 0 Å². The summed E-state index contributed by atoms with van der Waals surface area (Å²) in [6, 6.07) is 0. The van der Waals surface area contributed by atoms with E-state index in [1.165, 1.54) is 0 Å². The number of rotatable bonds is 2. The molecule has 1 fully saturated rings. The Kier molecular flexibility index (Phi) is 1.65. The highest BCUT2D eigenvalue weighted by atomic mass is 16.3. The first-order valence-corrected chi connectivity index (χ1v) is 4.27. The van der Waals surface area contributed by atoms with E-state index >= 15 is 0 Å². The van der Waals surface area contributed by atoms with Crippen LogP contribution in [-0.2, 0) is 6.54 Å². The summed E-state index contributed by atoms with van der Waals surface area (Å²) in [5, 5.41) is 17.5. The maximum atomic E-state index is 9.78. The lowest BCUT2D eigenvalue weighted by Crippen LogP contribution is -2.41. The smallest absolute Gasteiger partial charge is 0.0843 e. The molecule has 66 valence electrons. The van der Waals surface area contributed by atoms with E-state index in [2.05, 4.69) is 10.3 Å². The van der Waals surface area contributed by atoms with E-state index in [1.807, 2.05) is 13.1 Å². The van der Waals surface area contributed by atoms with Gasteiger partial charge in [0.2, 0.25) is 0 Å². The van der Waals surface area contributed by atoms with Crippen molar-refractivity contribution < 1.29 is 5.11 Å². The van der Waals surface area contributed by atoms with Gasteiger partial charge in [0.15, 0.2) is 0 Å². The van der Waals surface area contributed by atoms with Crippen LogP contribution >= 0.6 is 0 Å². The highest BCUT2D eigenvalue weighted by molar-refractivity contribution is 4.91. The number of aliphatic hydroxyl groups is 1. The molecule has 0 saturated heterocycles. The Labute approximate surface area is 71.2 Å². The fourth-order valence-electron chi connectivity index (χ4n) is 1.52. The fourth-order valence-corrected chi connectivity index (χ4v) is 1.52. The number of nitrogens with zero attached hydrogens (tertiary/aromatic N) is 3. The van der Waals surface area contributed by atoms with Crippen molar-refractivity contribution in [1.82, 2.24) is 15.0 Å². The van der Waals surface area contributed by atoms with Gasteiger partial charge in [0, 0.05) is 6.20 Å². The molecule has 0 aliphatic heterocycles. The Hall–Kier alpha value is -0.900. The van der Waals surface area contributed by atoms with Crippen LogP contribution in [0.4, 0.5) is 0 Å². The second kappa shape index (κ2) is 2.55. The van der Waals surface area contributed by atoms with E-state index in [0.29, 0.717) is 6.54 Å². The Morgan fingerprint density at radius 1 is 1.67 bits per heavy atom. The van der Waals surface area contributed by atoms with Crippen molar-refractivity contribution in [2.24, 2.45) is 0 Å². The number of hydrogen-bond donors (Lipinski definition) is 1. The molecule has 0 radical (unpaired) electrons. The van der Waals surface area contributed by atoms with Gasteiger partial charge >= 0.3 is 0 Å². The van der Waals surface area contributed by atoms with E-state index in [4.69, 9.17) is 0 Å². The largest absolute Gasteiger partial charge is 0.388 e. The van der Waals surface area contributed by atoms with Gasteiger partial charge in [-0.3, -0.25) is 0 Å². The van der Waals surface area contributed by atoms with E-state index in [0.717, 1.165) is 25.0 Å². The minimum absolute atomic E-state index is 0.500. The van der Waals surface area contributed by atoms with Gasteiger partial charge < -0.3 is 5.11 Å². The molecule has 1 saturated carbocycles. The summed E-state index contributed by atoms with van der Waals surface area (Å²) in [4.78, 5) is 0. The van der Waals surface area contributed by atoms with E-state index < -0.39 is 5.60 Å². The summed E-state index contributed by atoms with van der Waals surface area (Å²) in [5.74, 6) is 0. The maximum absolute atomic E-state index is 9.78. The molecule has 12 heavy (non-hydrogen) atoms. The molecule has 0 bridgehead atoms. The predicted octanol–water partition coefficient (Wildman–Crippen LogP) is 0.502. The van der Waals surface area contributed by atoms with Crippen LogP contribution in [0.25, 0.3) is 0 Å². The third-order valence-corrected chi connectivity index (χ3v) is 2.39. The molecule has 1 aliphatic carbocycles. The lowest BCUT2D eigenvalue weighted by Gasteiger charge is -2.36. The normalized spacial score (nSPS) is 20.5. The van der Waals surface area contributed by atoms with Gasteiger partial charge in [-0.25, -0.2) is 4.68 Å². The van der Waals surface area contributed by atoms with Gasteiger partial charge in [-0.2, -0.15) is 0 Å². The number of aryl methyl sites for hydroxylation is 1. The Morgan fingerprint density at radius 3 is 2.83 bits per heavy atom. The number of aromatic nitrogens is 3. The zero-order chi connectivity index (χ0) is 8.60. The number of hydrogen-bond acceptors (Lipinski definition) is 3. The topological polar surface area (TPSA) is 50.9 Å². The van der Waals surface area contributed by atoms with Crippen molar-refractivity contribution >= 4 is 0 Å². The first-order valence-electron chi connectivity index (χ1n) is 4.27. The molecule has 4 heteroatoms. The van der Waals surface area contributed by atoms with E-state index in [1.54, 1.807) is 4.68 Å². The SMILES string of the molecule is Cc1cn(CC2(O)CCC2)nn1. The lowest BCUT2D eigenvalue weighted by molar-refractivity contribution is -0.0501. The van der Waals surface area contributed by atoms with Crippen LogP contribution < -0.4 is 0 Å². The van der Waals surface area contributed by atoms with Gasteiger partial charge in [0.05, 0.1) is 17.8 Å². The van der Waals surface area contributed by atoms with Gasteiger partial charge in [-0.15, -0.1) is 5.10 Å². The lowest BCUT2D eigenvalue weighted by atomic mass is 9.80. The second-order valence-electron chi connectivity index (χ2n) is 3.64. The predicted molar refractivity (Wildman–Crippen MR) is 43.6 cm³/mol. The van der Waals surface area contributed by atoms with Crippen LogP contribution in [0, 0.1) is 6.92 Å². The molecule has 1 aromatic rings. The highest BCUT2D eigenvalue weighted by Gasteiger charge is 2.34. The van der Waals surface area contributed by atoms with Crippen molar-refractivity contribution in [2.45, 2.75) is 38.3 Å². The summed E-state index contributed by atoms with van der Waals surface area (Å²) in [6.45, 7) is 2.49. The average Bonchev–Trinajstić information content (AvgIpc) is 2.32. The molecular weight excluding hydrogens is 154 g/mol. The Bertz CT molecular complexity index is 278. The minimum atomic E-state index is -0.500. The maximum Gasteiger partial charge on any atom is 0.0843 e. The molecule has 1 aromatic heterocycles. The molecule has 4 nitrogen and oxygen atoms in total. The molecule has 0 atom stereocenters. The zero-order valence-corrected chi connectivity index (χ0v) is 7.19. The summed E-state index contributed by atoms with van der Waals surface area (Å²) in [6.07, 6.45) is 4.78. The van der Waals surface area contributed by atoms with Gasteiger partial charge in [0.1, 0.15) is 0 Å². The Morgan fingerprint density at radius 2 is 2.42 bits per heavy atom. The molecule has 0 aromatic carbocycles. The van der Waals surface area contributed by atoms with E-state index in [9.17, 15) is 5.11 Å². The minimum Gasteiger partial charge on any atom is -0.388 e. The summed E-state index contributed by atoms with van der Waals surface area (Å²) in [5.41, 5.74) is 0.401. The van der Waals surface area contributed by atoms with Crippen molar-refractivity contribution in [2.75, 3.05) is 0 Å². The third kappa shape index (κ3) is 1.34. The summed E-state index contributed by atoms with van der Waals surface area (Å²) < 4.78 is 1.72. The molecule has 1 heterocycles. The molecule has 0 spiro atoms. The van der Waals surface area contributed by atoms with Gasteiger partial charge in [-0.1, -0.05) is 5.21 Å². The van der Waals surface area contributed by atoms with Gasteiger partial charge in [-0.05, 0) is 26.2 Å². The molecule has 0 unspecified atom stereocenters. The van der Waals surface area contributed by atoms with Crippen LogP contribution in [0.15, 0.2) is 6.20 Å². The molecule has 2 rings (SSSR count). The zero-order valence-electron chi connectivity index (χ0n) is 7.19. The second-order valence-corrected chi connectivity index (χ2v) is 3.64. The third-order valence-electron chi connectivity index (χ3n) is 2.39. The molecule has 1 aliphatic rings. The van der Waals surface area contributed by atoms with Crippen LogP contribution in [-0.4, -0.2) is 25.7 Å². The van der Waals surface area contributed by atoms with Crippen molar-refractivity contribution in [3.63, 3.8) is 0 Å². The molecule has 1 N–H and O–H groups in total.